The lowest BCUT2D eigenvalue weighted by Crippen LogP contribution is -2.18. The van der Waals surface area contributed by atoms with Gasteiger partial charge in [0.05, 0.1) is 5.56 Å². The van der Waals surface area contributed by atoms with E-state index in [1.807, 2.05) is 6.07 Å². The highest BCUT2D eigenvalue weighted by atomic mass is 35.5. The average molecular weight is 241 g/mol. The van der Waals surface area contributed by atoms with Crippen molar-refractivity contribution in [1.82, 2.24) is 4.98 Å². The van der Waals surface area contributed by atoms with Crippen molar-refractivity contribution in [3.63, 3.8) is 0 Å². The van der Waals surface area contributed by atoms with Gasteiger partial charge in [-0.05, 0) is 12.1 Å². The largest absolute Gasteiger partial charge is 0.386 e. The lowest BCUT2D eigenvalue weighted by molar-refractivity contribution is 1.05. The number of pyridine rings is 1. The summed E-state index contributed by atoms with van der Waals surface area (Å²) in [5.74, 6) is 6.05. The van der Waals surface area contributed by atoms with Gasteiger partial charge in [-0.1, -0.05) is 0 Å². The van der Waals surface area contributed by atoms with Crippen LogP contribution in [0, 0.1) is 11.3 Å². The summed E-state index contributed by atoms with van der Waals surface area (Å²) in [5, 5.41) is 14.9. The Morgan fingerprint density at radius 2 is 2.31 bits per heavy atom. The molecular formula is C9H13ClN6. The average Bonchev–Trinajstić information content (AvgIpc) is 2.29. The summed E-state index contributed by atoms with van der Waals surface area (Å²) in [5.41, 5.74) is 5.94. The van der Waals surface area contributed by atoms with Crippen LogP contribution in [0.2, 0.25) is 0 Å². The van der Waals surface area contributed by atoms with Crippen LogP contribution < -0.4 is 16.9 Å². The van der Waals surface area contributed by atoms with Crippen molar-refractivity contribution in [1.29, 1.82) is 5.26 Å². The molecule has 16 heavy (non-hydrogen) atoms. The number of hydrazone groups is 1. The van der Waals surface area contributed by atoms with Gasteiger partial charge in [0.2, 0.25) is 0 Å². The van der Waals surface area contributed by atoms with E-state index in [0.29, 0.717) is 30.2 Å². The number of nitrogens with zero attached hydrogens (tertiary/aromatic N) is 3. The number of nitriles is 1. The van der Waals surface area contributed by atoms with Gasteiger partial charge < -0.3 is 16.9 Å². The summed E-state index contributed by atoms with van der Waals surface area (Å²) in [4.78, 5) is 4.03. The van der Waals surface area contributed by atoms with Crippen molar-refractivity contribution >= 4 is 24.1 Å². The molecule has 86 valence electrons. The molecule has 0 fully saturated rings. The zero-order chi connectivity index (χ0) is 11.1. The molecule has 0 unspecified atom stereocenters. The van der Waals surface area contributed by atoms with E-state index in [0.717, 1.165) is 0 Å². The Hall–Kier alpha value is -2.00. The minimum absolute atomic E-state index is 0. The van der Waals surface area contributed by atoms with Crippen LogP contribution in [-0.2, 0) is 0 Å². The van der Waals surface area contributed by atoms with Crippen molar-refractivity contribution in [2.24, 2.45) is 16.7 Å². The van der Waals surface area contributed by atoms with Crippen LogP contribution in [0.3, 0.4) is 0 Å². The second kappa shape index (κ2) is 7.31. The summed E-state index contributed by atoms with van der Waals surface area (Å²) in [6.45, 7) is 0.603. The summed E-state index contributed by atoms with van der Waals surface area (Å²) in [7, 11) is 0. The quantitative estimate of drug-likeness (QED) is 0.305. The number of amidine groups is 1. The van der Waals surface area contributed by atoms with Crippen LogP contribution in [0.1, 0.15) is 12.0 Å². The van der Waals surface area contributed by atoms with Crippen LogP contribution in [0.5, 0.6) is 0 Å². The van der Waals surface area contributed by atoms with Gasteiger partial charge in [-0.2, -0.15) is 10.4 Å². The molecule has 7 heteroatoms. The molecule has 0 spiro atoms. The van der Waals surface area contributed by atoms with Crippen LogP contribution in [0.4, 0.5) is 5.82 Å². The molecule has 1 aromatic heterocycles. The predicted octanol–water partition coefficient (Wildman–Crippen LogP) is 0.408. The highest BCUT2D eigenvalue weighted by Crippen LogP contribution is 2.03. The van der Waals surface area contributed by atoms with Crippen molar-refractivity contribution in [2.45, 2.75) is 6.42 Å². The maximum atomic E-state index is 8.55. The molecule has 0 saturated carbocycles. The van der Waals surface area contributed by atoms with E-state index >= 15 is 0 Å². The molecule has 1 aromatic rings. The third-order valence-electron chi connectivity index (χ3n) is 1.75. The number of halogens is 1. The fourth-order valence-corrected chi connectivity index (χ4v) is 0.948. The molecule has 0 aromatic carbocycles. The monoisotopic (exact) mass is 240 g/mol. The van der Waals surface area contributed by atoms with Crippen molar-refractivity contribution < 1.29 is 0 Å². The van der Waals surface area contributed by atoms with E-state index in [-0.39, 0.29) is 12.4 Å². The first-order valence-corrected chi connectivity index (χ1v) is 4.38. The smallest absolute Gasteiger partial charge is 0.125 e. The third-order valence-corrected chi connectivity index (χ3v) is 1.75. The molecule has 0 aliphatic carbocycles. The molecule has 5 N–H and O–H groups in total. The zero-order valence-electron chi connectivity index (χ0n) is 8.55. The number of hydrogen-bond acceptors (Lipinski definition) is 5. The maximum absolute atomic E-state index is 8.55. The van der Waals surface area contributed by atoms with Gasteiger partial charge in [-0.3, -0.25) is 0 Å². The molecule has 0 radical (unpaired) electrons. The number of aromatic nitrogens is 1. The van der Waals surface area contributed by atoms with Gasteiger partial charge in [-0.25, -0.2) is 4.98 Å². The van der Waals surface area contributed by atoms with Gasteiger partial charge in [0.25, 0.3) is 0 Å². The minimum Gasteiger partial charge on any atom is -0.386 e. The molecule has 1 heterocycles. The Labute approximate surface area is 99.8 Å². The molecule has 0 aliphatic heterocycles. The number of anilines is 1. The Bertz CT molecular complexity index is 380. The SMILES string of the molecule is Cl.N#Cc1ccc(NCCC(N)=NN)nc1. The van der Waals surface area contributed by atoms with Gasteiger partial charge in [0.1, 0.15) is 17.7 Å². The van der Waals surface area contributed by atoms with Crippen molar-refractivity contribution in [2.75, 3.05) is 11.9 Å². The highest BCUT2D eigenvalue weighted by molar-refractivity contribution is 5.85. The van der Waals surface area contributed by atoms with E-state index in [9.17, 15) is 0 Å². The van der Waals surface area contributed by atoms with E-state index < -0.39 is 0 Å². The first-order chi connectivity index (χ1) is 7.26. The third kappa shape index (κ3) is 4.48. The van der Waals surface area contributed by atoms with Crippen LogP contribution >= 0.6 is 12.4 Å². The summed E-state index contributed by atoms with van der Waals surface area (Å²) in [6, 6.07) is 5.41. The van der Waals surface area contributed by atoms with E-state index in [2.05, 4.69) is 15.4 Å². The van der Waals surface area contributed by atoms with E-state index in [1.165, 1.54) is 6.20 Å². The lowest BCUT2D eigenvalue weighted by Gasteiger charge is -2.04. The molecule has 6 nitrogen and oxygen atoms in total. The molecular weight excluding hydrogens is 228 g/mol. The summed E-state index contributed by atoms with van der Waals surface area (Å²) < 4.78 is 0. The van der Waals surface area contributed by atoms with Gasteiger partial charge in [0.15, 0.2) is 0 Å². The second-order valence-corrected chi connectivity index (χ2v) is 2.84. The van der Waals surface area contributed by atoms with Crippen LogP contribution in [-0.4, -0.2) is 17.4 Å². The Balaban J connectivity index is 0.00000225. The minimum atomic E-state index is 0. The molecule has 0 amide bonds. The number of nitrogens with two attached hydrogens (primary N) is 2. The van der Waals surface area contributed by atoms with Gasteiger partial charge in [-0.15, -0.1) is 12.4 Å². The van der Waals surface area contributed by atoms with E-state index in [1.54, 1.807) is 12.1 Å². The summed E-state index contributed by atoms with van der Waals surface area (Å²) >= 11 is 0. The standard InChI is InChI=1S/C9H12N6.ClH/c10-5-7-1-2-9(14-6-7)13-4-3-8(11)15-12;/h1-2,6H,3-4,12H2,(H2,11,15)(H,13,14);1H. The Morgan fingerprint density at radius 3 is 2.81 bits per heavy atom. The maximum Gasteiger partial charge on any atom is 0.125 e. The predicted molar refractivity (Wildman–Crippen MR) is 65.1 cm³/mol. The lowest BCUT2D eigenvalue weighted by atomic mass is 10.3. The topological polar surface area (TPSA) is 113 Å². The van der Waals surface area contributed by atoms with Crippen LogP contribution in [0.25, 0.3) is 0 Å². The van der Waals surface area contributed by atoms with Crippen molar-refractivity contribution in [3.05, 3.63) is 23.9 Å². The van der Waals surface area contributed by atoms with Gasteiger partial charge >= 0.3 is 0 Å². The second-order valence-electron chi connectivity index (χ2n) is 2.84. The molecule has 0 bridgehead atoms. The molecule has 1 rings (SSSR count). The normalized spacial score (nSPS) is 10.1. The first kappa shape index (κ1) is 14.0. The molecule has 0 saturated heterocycles. The fraction of sp³-hybridized carbons (Fsp3) is 0.222. The molecule has 0 aliphatic rings. The molecule has 0 atom stereocenters. The first-order valence-electron chi connectivity index (χ1n) is 4.38. The highest BCUT2D eigenvalue weighted by Gasteiger charge is 1.95. The van der Waals surface area contributed by atoms with Gasteiger partial charge in [0, 0.05) is 19.2 Å². The fourth-order valence-electron chi connectivity index (χ4n) is 0.948. The summed E-state index contributed by atoms with van der Waals surface area (Å²) in [6.07, 6.45) is 2.06. The zero-order valence-corrected chi connectivity index (χ0v) is 9.37. The van der Waals surface area contributed by atoms with E-state index in [4.69, 9.17) is 16.8 Å². The number of hydrogen-bond donors (Lipinski definition) is 3. The number of nitrogens with one attached hydrogen (secondary N) is 1. The van der Waals surface area contributed by atoms with Crippen LogP contribution in [0.15, 0.2) is 23.4 Å². The Morgan fingerprint density at radius 1 is 1.56 bits per heavy atom. The number of rotatable bonds is 4. The van der Waals surface area contributed by atoms with Crippen molar-refractivity contribution in [3.8, 4) is 6.07 Å². The Kier molecular flexibility index (Phi) is 6.40.